The van der Waals surface area contributed by atoms with Crippen LogP contribution in [0.4, 0.5) is 0 Å². The predicted octanol–water partition coefficient (Wildman–Crippen LogP) is 1.80. The van der Waals surface area contributed by atoms with Crippen molar-refractivity contribution in [3.63, 3.8) is 0 Å². The molecule has 1 aliphatic rings. The number of carbonyl (C=O) groups is 1. The Labute approximate surface area is 71.8 Å². The highest BCUT2D eigenvalue weighted by molar-refractivity contribution is 7.72. The van der Waals surface area contributed by atoms with Crippen LogP contribution in [0.2, 0.25) is 0 Å². The van der Waals surface area contributed by atoms with Gasteiger partial charge in [0.05, 0.1) is 12.7 Å². The van der Waals surface area contributed by atoms with Crippen LogP contribution in [0, 0.1) is 5.92 Å². The fraction of sp³-hybridized carbons (Fsp3) is 0.857. The Bertz CT molecular complexity index is 236. The van der Waals surface area contributed by atoms with Crippen LogP contribution in [0.1, 0.15) is 20.8 Å². The Hall–Kier alpha value is -0.180. The molecule has 0 N–H and O–H groups in total. The summed E-state index contributed by atoms with van der Waals surface area (Å²) in [6.07, 6.45) is -0.237. The van der Waals surface area contributed by atoms with Crippen LogP contribution in [0.15, 0.2) is 0 Å². The summed E-state index contributed by atoms with van der Waals surface area (Å²) in [6, 6.07) is 0. The average molecular weight is 192 g/mol. The zero-order chi connectivity index (χ0) is 9.35. The van der Waals surface area contributed by atoms with Gasteiger partial charge in [-0.25, -0.2) is 0 Å². The molecule has 0 aliphatic carbocycles. The Morgan fingerprint density at radius 3 is 2.50 bits per heavy atom. The molecule has 4 nitrogen and oxygen atoms in total. The molecule has 2 atom stereocenters. The largest absolute Gasteiger partial charge is 0.397 e. The molecule has 1 aliphatic heterocycles. The fourth-order valence-electron chi connectivity index (χ4n) is 0.933. The van der Waals surface area contributed by atoms with E-state index in [0.717, 1.165) is 0 Å². The first-order chi connectivity index (χ1) is 5.46. The standard InChI is InChI=1S/C7H13O4P/c1-5(2)7(8)12(9)10-4-6(3)11-12/h5-6H,4H2,1-3H3. The molecule has 1 saturated heterocycles. The highest BCUT2D eigenvalue weighted by Gasteiger charge is 2.43. The van der Waals surface area contributed by atoms with Gasteiger partial charge < -0.3 is 4.52 Å². The summed E-state index contributed by atoms with van der Waals surface area (Å²) < 4.78 is 21.4. The highest BCUT2D eigenvalue weighted by atomic mass is 31.2. The molecule has 0 aromatic carbocycles. The van der Waals surface area contributed by atoms with Crippen LogP contribution >= 0.6 is 7.60 Å². The molecule has 0 spiro atoms. The molecule has 0 radical (unpaired) electrons. The van der Waals surface area contributed by atoms with Gasteiger partial charge in [0.2, 0.25) is 5.52 Å². The van der Waals surface area contributed by atoms with E-state index in [-0.39, 0.29) is 18.6 Å². The van der Waals surface area contributed by atoms with Crippen molar-refractivity contribution < 1.29 is 18.4 Å². The average Bonchev–Trinajstić information content (AvgIpc) is 2.31. The third-order valence-electron chi connectivity index (χ3n) is 1.56. The zero-order valence-corrected chi connectivity index (χ0v) is 8.34. The maximum Gasteiger partial charge on any atom is 0.397 e. The number of hydrogen-bond acceptors (Lipinski definition) is 4. The lowest BCUT2D eigenvalue weighted by molar-refractivity contribution is -0.116. The van der Waals surface area contributed by atoms with Crippen LogP contribution in [0.25, 0.3) is 0 Å². The lowest BCUT2D eigenvalue weighted by Gasteiger charge is -2.10. The molecule has 70 valence electrons. The van der Waals surface area contributed by atoms with E-state index in [1.54, 1.807) is 20.8 Å². The molecule has 2 unspecified atom stereocenters. The molecule has 12 heavy (non-hydrogen) atoms. The Kier molecular flexibility index (Phi) is 2.71. The van der Waals surface area contributed by atoms with Gasteiger partial charge in [-0.3, -0.25) is 13.9 Å². The SMILES string of the molecule is CC1COP(=O)(C(=O)C(C)C)O1. The normalized spacial score (nSPS) is 35.8. The first-order valence-corrected chi connectivity index (χ1v) is 5.47. The summed E-state index contributed by atoms with van der Waals surface area (Å²) in [7, 11) is -3.41. The Balaban J connectivity index is 2.74. The van der Waals surface area contributed by atoms with E-state index in [9.17, 15) is 9.36 Å². The highest BCUT2D eigenvalue weighted by Crippen LogP contribution is 2.56. The maximum atomic E-state index is 11.6. The molecule has 0 aromatic rings. The summed E-state index contributed by atoms with van der Waals surface area (Å²) >= 11 is 0. The summed E-state index contributed by atoms with van der Waals surface area (Å²) in [6.45, 7) is 5.33. The van der Waals surface area contributed by atoms with Gasteiger partial charge in [0.25, 0.3) is 0 Å². The predicted molar refractivity (Wildman–Crippen MR) is 44.0 cm³/mol. The van der Waals surface area contributed by atoms with Crippen LogP contribution in [-0.4, -0.2) is 18.2 Å². The van der Waals surface area contributed by atoms with Crippen LogP contribution in [0.3, 0.4) is 0 Å². The van der Waals surface area contributed by atoms with Crippen molar-refractivity contribution >= 4 is 13.1 Å². The summed E-state index contributed by atoms with van der Waals surface area (Å²) in [5.41, 5.74) is -0.424. The van der Waals surface area contributed by atoms with E-state index >= 15 is 0 Å². The molecule has 1 rings (SSSR count). The minimum atomic E-state index is -3.41. The van der Waals surface area contributed by atoms with Gasteiger partial charge in [0.15, 0.2) is 0 Å². The number of hydrogen-bond donors (Lipinski definition) is 0. The van der Waals surface area contributed by atoms with Crippen molar-refractivity contribution in [1.29, 1.82) is 0 Å². The molecule has 5 heteroatoms. The van der Waals surface area contributed by atoms with Crippen molar-refractivity contribution in [3.05, 3.63) is 0 Å². The second-order valence-corrected chi connectivity index (χ2v) is 5.11. The van der Waals surface area contributed by atoms with E-state index in [1.807, 2.05) is 0 Å². The third-order valence-corrected chi connectivity index (χ3v) is 3.74. The van der Waals surface area contributed by atoms with Crippen molar-refractivity contribution in [2.45, 2.75) is 26.9 Å². The van der Waals surface area contributed by atoms with Gasteiger partial charge >= 0.3 is 7.60 Å². The van der Waals surface area contributed by atoms with Gasteiger partial charge in [-0.1, -0.05) is 13.8 Å². The molecule has 0 amide bonds. The molecule has 0 bridgehead atoms. The maximum absolute atomic E-state index is 11.6. The van der Waals surface area contributed by atoms with Crippen LogP contribution in [-0.2, 0) is 18.4 Å². The zero-order valence-electron chi connectivity index (χ0n) is 7.44. The number of carbonyl (C=O) groups excluding carboxylic acids is 1. The molecular weight excluding hydrogens is 179 g/mol. The molecule has 1 heterocycles. The minimum Gasteiger partial charge on any atom is -0.300 e. The van der Waals surface area contributed by atoms with Crippen LogP contribution in [0.5, 0.6) is 0 Å². The first kappa shape index (κ1) is 9.90. The van der Waals surface area contributed by atoms with Gasteiger partial charge in [0, 0.05) is 5.92 Å². The van der Waals surface area contributed by atoms with Gasteiger partial charge in [-0.05, 0) is 6.92 Å². The van der Waals surface area contributed by atoms with Crippen molar-refractivity contribution in [2.75, 3.05) is 6.61 Å². The van der Waals surface area contributed by atoms with Crippen molar-refractivity contribution in [3.8, 4) is 0 Å². The molecule has 1 fully saturated rings. The fourth-order valence-corrected chi connectivity index (χ4v) is 2.80. The summed E-state index contributed by atoms with van der Waals surface area (Å²) in [4.78, 5) is 11.3. The van der Waals surface area contributed by atoms with Gasteiger partial charge in [0.1, 0.15) is 0 Å². The smallest absolute Gasteiger partial charge is 0.300 e. The lowest BCUT2D eigenvalue weighted by atomic mass is 10.3. The quantitative estimate of drug-likeness (QED) is 0.626. The van der Waals surface area contributed by atoms with E-state index in [4.69, 9.17) is 9.05 Å². The number of rotatable bonds is 2. The summed E-state index contributed by atoms with van der Waals surface area (Å²) in [5.74, 6) is -0.305. The topological polar surface area (TPSA) is 52.6 Å². The van der Waals surface area contributed by atoms with Gasteiger partial charge in [-0.2, -0.15) is 0 Å². The van der Waals surface area contributed by atoms with Crippen molar-refractivity contribution in [1.82, 2.24) is 0 Å². The van der Waals surface area contributed by atoms with E-state index < -0.39 is 13.1 Å². The lowest BCUT2D eigenvalue weighted by Crippen LogP contribution is -2.08. The van der Waals surface area contributed by atoms with Gasteiger partial charge in [-0.15, -0.1) is 0 Å². The second kappa shape index (κ2) is 3.29. The van der Waals surface area contributed by atoms with E-state index in [2.05, 4.69) is 0 Å². The molecule has 0 saturated carbocycles. The second-order valence-electron chi connectivity index (χ2n) is 3.20. The Morgan fingerprint density at radius 1 is 1.58 bits per heavy atom. The molecule has 0 aromatic heterocycles. The first-order valence-electron chi connectivity index (χ1n) is 3.93. The Morgan fingerprint density at radius 2 is 2.17 bits per heavy atom. The third kappa shape index (κ3) is 1.76. The van der Waals surface area contributed by atoms with E-state index in [1.165, 1.54) is 0 Å². The molecular formula is C7H13O4P. The van der Waals surface area contributed by atoms with E-state index in [0.29, 0.717) is 0 Å². The van der Waals surface area contributed by atoms with Crippen molar-refractivity contribution in [2.24, 2.45) is 5.92 Å². The summed E-state index contributed by atoms with van der Waals surface area (Å²) in [5, 5.41) is 0. The minimum absolute atomic E-state index is 0.237. The monoisotopic (exact) mass is 192 g/mol. The van der Waals surface area contributed by atoms with Crippen LogP contribution < -0.4 is 0 Å².